The minimum absolute atomic E-state index is 0.0806. The monoisotopic (exact) mass is 272 g/mol. The van der Waals surface area contributed by atoms with Crippen LogP contribution in [0.2, 0.25) is 0 Å². The van der Waals surface area contributed by atoms with Crippen LogP contribution in [-0.2, 0) is 0 Å². The molecule has 20 heavy (non-hydrogen) atoms. The van der Waals surface area contributed by atoms with Crippen molar-refractivity contribution in [1.29, 1.82) is 0 Å². The largest absolute Gasteiger partial charge is 0.347 e. The molecule has 2 aromatic rings. The van der Waals surface area contributed by atoms with Gasteiger partial charge in [0.15, 0.2) is 0 Å². The third-order valence-corrected chi connectivity index (χ3v) is 3.04. The summed E-state index contributed by atoms with van der Waals surface area (Å²) < 4.78 is 0. The summed E-state index contributed by atoms with van der Waals surface area (Å²) in [7, 11) is 0. The Balaban J connectivity index is 2.13. The molecule has 0 bridgehead atoms. The smallest absolute Gasteiger partial charge is 0.305 e. The predicted molar refractivity (Wildman–Crippen MR) is 76.5 cm³/mol. The van der Waals surface area contributed by atoms with Gasteiger partial charge in [-0.15, -0.1) is 0 Å². The highest BCUT2D eigenvalue weighted by molar-refractivity contribution is 5.35. The highest BCUT2D eigenvalue weighted by atomic mass is 16.6. The Kier molecular flexibility index (Phi) is 4.24. The number of benzene rings is 1. The highest BCUT2D eigenvalue weighted by Gasteiger charge is 2.12. The lowest BCUT2D eigenvalue weighted by atomic mass is 10.0. The van der Waals surface area contributed by atoms with Crippen molar-refractivity contribution in [2.24, 2.45) is 0 Å². The van der Waals surface area contributed by atoms with Gasteiger partial charge < -0.3 is 5.32 Å². The van der Waals surface area contributed by atoms with Crippen LogP contribution in [0.4, 0.5) is 11.6 Å². The lowest BCUT2D eigenvalue weighted by molar-refractivity contribution is -0.385. The molecule has 0 saturated heterocycles. The average molecular weight is 272 g/mol. The first-order valence-electron chi connectivity index (χ1n) is 6.39. The summed E-state index contributed by atoms with van der Waals surface area (Å²) in [6.45, 7) is 4.10. The van der Waals surface area contributed by atoms with Crippen molar-refractivity contribution in [3.63, 3.8) is 0 Å². The first-order chi connectivity index (χ1) is 9.60. The van der Waals surface area contributed by atoms with Crippen LogP contribution >= 0.6 is 0 Å². The summed E-state index contributed by atoms with van der Waals surface area (Å²) in [4.78, 5) is 18.0. The van der Waals surface area contributed by atoms with E-state index < -0.39 is 4.92 Å². The fourth-order valence-electron chi connectivity index (χ4n) is 1.87. The highest BCUT2D eigenvalue weighted by Crippen LogP contribution is 2.21. The first kappa shape index (κ1) is 13.9. The Morgan fingerprint density at radius 1 is 1.25 bits per heavy atom. The molecule has 1 aromatic carbocycles. The lowest BCUT2D eigenvalue weighted by Gasteiger charge is -2.17. The van der Waals surface area contributed by atoms with Crippen molar-refractivity contribution in [2.45, 2.75) is 26.3 Å². The summed E-state index contributed by atoms with van der Waals surface area (Å²) in [6, 6.07) is 8.30. The zero-order valence-corrected chi connectivity index (χ0v) is 11.4. The molecule has 1 aromatic heterocycles. The Morgan fingerprint density at radius 2 is 1.85 bits per heavy atom. The number of hydrogen-bond donors (Lipinski definition) is 1. The molecule has 1 N–H and O–H groups in total. The van der Waals surface area contributed by atoms with E-state index in [0.29, 0.717) is 5.95 Å². The van der Waals surface area contributed by atoms with E-state index in [1.165, 1.54) is 18.0 Å². The number of anilines is 1. The van der Waals surface area contributed by atoms with Gasteiger partial charge in [-0.3, -0.25) is 10.1 Å². The molecule has 0 aliphatic carbocycles. The van der Waals surface area contributed by atoms with Crippen LogP contribution in [-0.4, -0.2) is 14.9 Å². The van der Waals surface area contributed by atoms with Gasteiger partial charge in [-0.25, -0.2) is 9.97 Å². The van der Waals surface area contributed by atoms with Crippen molar-refractivity contribution in [2.75, 3.05) is 5.32 Å². The van der Waals surface area contributed by atoms with Crippen molar-refractivity contribution in [3.05, 3.63) is 57.9 Å². The normalized spacial score (nSPS) is 11.9. The molecule has 0 radical (unpaired) electrons. The second-order valence-electron chi connectivity index (χ2n) is 4.54. The molecule has 6 nitrogen and oxygen atoms in total. The number of hydrogen-bond acceptors (Lipinski definition) is 5. The van der Waals surface area contributed by atoms with E-state index in [1.807, 2.05) is 6.92 Å². The number of nitrogens with one attached hydrogen (secondary N) is 1. The molecule has 0 aliphatic heterocycles. The van der Waals surface area contributed by atoms with E-state index in [4.69, 9.17) is 0 Å². The van der Waals surface area contributed by atoms with Crippen molar-refractivity contribution in [1.82, 2.24) is 9.97 Å². The van der Waals surface area contributed by atoms with Gasteiger partial charge in [-0.2, -0.15) is 0 Å². The van der Waals surface area contributed by atoms with Gasteiger partial charge in [0.05, 0.1) is 11.0 Å². The molecule has 1 unspecified atom stereocenters. The van der Waals surface area contributed by atoms with Crippen LogP contribution in [0.3, 0.4) is 0 Å². The van der Waals surface area contributed by atoms with E-state index in [0.717, 1.165) is 12.0 Å². The van der Waals surface area contributed by atoms with E-state index in [9.17, 15) is 10.1 Å². The third-order valence-electron chi connectivity index (χ3n) is 3.04. The molecule has 2 rings (SSSR count). The quantitative estimate of drug-likeness (QED) is 0.667. The minimum Gasteiger partial charge on any atom is -0.347 e. The minimum atomic E-state index is -0.513. The number of nitrogens with zero attached hydrogens (tertiary/aromatic N) is 3. The average Bonchev–Trinajstić information content (AvgIpc) is 2.46. The predicted octanol–water partition coefficient (Wildman–Crippen LogP) is 3.26. The van der Waals surface area contributed by atoms with Gasteiger partial charge in [0.1, 0.15) is 12.4 Å². The molecule has 6 heteroatoms. The molecule has 1 atom stereocenters. The molecule has 0 saturated carbocycles. The van der Waals surface area contributed by atoms with Crippen molar-refractivity contribution < 1.29 is 4.92 Å². The van der Waals surface area contributed by atoms with Gasteiger partial charge in [0.2, 0.25) is 5.95 Å². The molecule has 0 spiro atoms. The van der Waals surface area contributed by atoms with E-state index in [2.05, 4.69) is 46.5 Å². The number of aryl methyl sites for hydroxylation is 1. The van der Waals surface area contributed by atoms with Gasteiger partial charge in [-0.05, 0) is 18.9 Å². The van der Waals surface area contributed by atoms with Crippen LogP contribution in [0, 0.1) is 17.0 Å². The molecular weight excluding hydrogens is 256 g/mol. The van der Waals surface area contributed by atoms with Gasteiger partial charge in [0, 0.05) is 0 Å². The summed E-state index contributed by atoms with van der Waals surface area (Å²) in [5.74, 6) is 0.392. The maximum atomic E-state index is 10.5. The van der Waals surface area contributed by atoms with Crippen LogP contribution < -0.4 is 5.32 Å². The Labute approximate surface area is 117 Å². The fourth-order valence-corrected chi connectivity index (χ4v) is 1.87. The Morgan fingerprint density at radius 3 is 2.35 bits per heavy atom. The summed E-state index contributed by atoms with van der Waals surface area (Å²) in [6.07, 6.45) is 3.28. The number of rotatable bonds is 5. The van der Waals surface area contributed by atoms with Gasteiger partial charge in [-0.1, -0.05) is 36.8 Å². The molecular formula is C14H16N4O2. The topological polar surface area (TPSA) is 81.0 Å². The second kappa shape index (κ2) is 6.10. The third kappa shape index (κ3) is 3.28. The molecule has 1 heterocycles. The SMILES string of the molecule is CCC(Nc1ncc([N+](=O)[O-])cn1)c1ccc(C)cc1. The fraction of sp³-hybridized carbons (Fsp3) is 0.286. The summed E-state index contributed by atoms with van der Waals surface area (Å²) in [5.41, 5.74) is 2.23. The maximum Gasteiger partial charge on any atom is 0.305 e. The van der Waals surface area contributed by atoms with Crippen molar-refractivity contribution in [3.8, 4) is 0 Å². The second-order valence-corrected chi connectivity index (χ2v) is 4.54. The Hall–Kier alpha value is -2.50. The zero-order valence-electron chi connectivity index (χ0n) is 11.4. The van der Waals surface area contributed by atoms with Crippen LogP contribution in [0.15, 0.2) is 36.7 Å². The summed E-state index contributed by atoms with van der Waals surface area (Å²) >= 11 is 0. The number of nitro groups is 1. The molecule has 0 amide bonds. The van der Waals surface area contributed by atoms with E-state index in [1.54, 1.807) is 0 Å². The maximum absolute atomic E-state index is 10.5. The summed E-state index contributed by atoms with van der Waals surface area (Å²) in [5, 5.41) is 13.7. The molecule has 104 valence electrons. The Bertz CT molecular complexity index is 581. The zero-order chi connectivity index (χ0) is 14.5. The van der Waals surface area contributed by atoms with Gasteiger partial charge in [0.25, 0.3) is 0 Å². The van der Waals surface area contributed by atoms with E-state index in [-0.39, 0.29) is 11.7 Å². The molecule has 0 fully saturated rings. The lowest BCUT2D eigenvalue weighted by Crippen LogP contribution is -2.12. The number of aromatic nitrogens is 2. The first-order valence-corrected chi connectivity index (χ1v) is 6.39. The van der Waals surface area contributed by atoms with Crippen LogP contribution in [0.5, 0.6) is 0 Å². The van der Waals surface area contributed by atoms with Crippen LogP contribution in [0.25, 0.3) is 0 Å². The van der Waals surface area contributed by atoms with Crippen LogP contribution in [0.1, 0.15) is 30.5 Å². The standard InChI is InChI=1S/C14H16N4O2/c1-3-13(11-6-4-10(2)5-7-11)17-14-15-8-12(9-16-14)18(19)20/h4-9,13H,3H2,1-2H3,(H,15,16,17). The van der Waals surface area contributed by atoms with Crippen molar-refractivity contribution >= 4 is 11.6 Å². The van der Waals surface area contributed by atoms with E-state index >= 15 is 0 Å². The van der Waals surface area contributed by atoms with Gasteiger partial charge >= 0.3 is 5.69 Å². The molecule has 0 aliphatic rings.